The molecule has 3 heterocycles. The number of carbonyl (C=O) groups excluding carboxylic acids is 1. The van der Waals surface area contributed by atoms with E-state index in [1.165, 1.54) is 0 Å². The van der Waals surface area contributed by atoms with Gasteiger partial charge >= 0.3 is 6.03 Å². The average Bonchev–Trinajstić information content (AvgIpc) is 3.35. The van der Waals surface area contributed by atoms with Gasteiger partial charge in [-0.2, -0.15) is 5.10 Å². The molecule has 2 amide bonds. The van der Waals surface area contributed by atoms with Crippen LogP contribution in [0.4, 0.5) is 10.5 Å². The first-order chi connectivity index (χ1) is 13.1. The Morgan fingerprint density at radius 2 is 2.07 bits per heavy atom. The summed E-state index contributed by atoms with van der Waals surface area (Å²) in [7, 11) is 1.91. The summed E-state index contributed by atoms with van der Waals surface area (Å²) in [6.07, 6.45) is 5.33. The number of likely N-dealkylation sites (tertiary alicyclic amines) is 1. The van der Waals surface area contributed by atoms with E-state index in [1.807, 2.05) is 47.7 Å². The normalized spacial score (nSPS) is 15.1. The Bertz CT molecular complexity index is 923. The van der Waals surface area contributed by atoms with Crippen LogP contribution in [0, 0.1) is 6.92 Å². The maximum atomic E-state index is 12.7. The molecule has 0 unspecified atom stereocenters. The van der Waals surface area contributed by atoms with Crippen molar-refractivity contribution in [2.75, 3.05) is 18.4 Å². The number of hydrogen-bond donors (Lipinski definition) is 2. The van der Waals surface area contributed by atoms with Crippen molar-refractivity contribution >= 4 is 11.7 Å². The van der Waals surface area contributed by atoms with Crippen LogP contribution in [0.3, 0.4) is 0 Å². The molecule has 1 aliphatic heterocycles. The summed E-state index contributed by atoms with van der Waals surface area (Å²) in [6.45, 7) is 3.46. The Kier molecular flexibility index (Phi) is 4.62. The van der Waals surface area contributed by atoms with Gasteiger partial charge in [-0.3, -0.25) is 5.10 Å². The van der Waals surface area contributed by atoms with Gasteiger partial charge in [0.25, 0.3) is 0 Å². The van der Waals surface area contributed by atoms with Crippen LogP contribution in [0.1, 0.15) is 30.0 Å². The van der Waals surface area contributed by atoms with Gasteiger partial charge in [-0.1, -0.05) is 12.1 Å². The molecule has 4 rings (SSSR count). The molecule has 3 aromatic rings. The second-order valence-corrected chi connectivity index (χ2v) is 6.95. The molecule has 1 aliphatic rings. The fourth-order valence-electron chi connectivity index (χ4n) is 3.62. The van der Waals surface area contributed by atoms with E-state index in [0.717, 1.165) is 54.3 Å². The molecule has 1 saturated heterocycles. The summed E-state index contributed by atoms with van der Waals surface area (Å²) < 4.78 is 1.87. The van der Waals surface area contributed by atoms with Crippen molar-refractivity contribution in [1.82, 2.24) is 29.9 Å². The van der Waals surface area contributed by atoms with E-state index >= 15 is 0 Å². The summed E-state index contributed by atoms with van der Waals surface area (Å²) in [4.78, 5) is 14.6. The lowest BCUT2D eigenvalue weighted by atomic mass is 9.94. The summed E-state index contributed by atoms with van der Waals surface area (Å²) in [6, 6.07) is 7.80. The quantitative estimate of drug-likeness (QED) is 0.746. The zero-order valence-electron chi connectivity index (χ0n) is 15.5. The van der Waals surface area contributed by atoms with Gasteiger partial charge < -0.3 is 14.8 Å². The Morgan fingerprint density at radius 1 is 1.26 bits per heavy atom. The fraction of sp³-hybridized carbons (Fsp3) is 0.368. The number of aromatic amines is 1. The summed E-state index contributed by atoms with van der Waals surface area (Å²) >= 11 is 0. The van der Waals surface area contributed by atoms with E-state index in [4.69, 9.17) is 0 Å². The maximum Gasteiger partial charge on any atom is 0.321 e. The topological polar surface area (TPSA) is 91.7 Å². The number of hydrogen-bond acceptors (Lipinski definition) is 4. The van der Waals surface area contributed by atoms with Crippen LogP contribution in [0.2, 0.25) is 0 Å². The Morgan fingerprint density at radius 3 is 2.74 bits per heavy atom. The number of benzene rings is 1. The van der Waals surface area contributed by atoms with Crippen LogP contribution < -0.4 is 5.32 Å². The number of urea groups is 1. The fourth-order valence-corrected chi connectivity index (χ4v) is 3.62. The Hall–Kier alpha value is -3.16. The standard InChI is InChI=1S/C19H23N7O/c1-13-15(18-24-21-12-25(18)2)4-3-5-16(13)22-19(27)26-10-7-14(8-11-26)17-6-9-20-23-17/h3-6,9,12,14H,7-8,10-11H2,1-2H3,(H,20,23)(H,22,27). The third-order valence-electron chi connectivity index (χ3n) is 5.27. The smallest absolute Gasteiger partial charge is 0.321 e. The van der Waals surface area contributed by atoms with Gasteiger partial charge in [0.2, 0.25) is 0 Å². The summed E-state index contributed by atoms with van der Waals surface area (Å²) in [5, 5.41) is 18.2. The number of piperidine rings is 1. The van der Waals surface area contributed by atoms with E-state index in [2.05, 4.69) is 25.7 Å². The van der Waals surface area contributed by atoms with Crippen molar-refractivity contribution < 1.29 is 4.79 Å². The predicted octanol–water partition coefficient (Wildman–Crippen LogP) is 2.93. The summed E-state index contributed by atoms with van der Waals surface area (Å²) in [5.41, 5.74) is 3.90. The molecule has 27 heavy (non-hydrogen) atoms. The van der Waals surface area contributed by atoms with Gasteiger partial charge in [0.1, 0.15) is 6.33 Å². The molecule has 8 heteroatoms. The number of nitrogens with zero attached hydrogens (tertiary/aromatic N) is 5. The minimum atomic E-state index is -0.0590. The Labute approximate surface area is 157 Å². The molecule has 2 N–H and O–H groups in total. The molecule has 0 saturated carbocycles. The minimum Gasteiger partial charge on any atom is -0.324 e. The highest BCUT2D eigenvalue weighted by atomic mass is 16.2. The number of aryl methyl sites for hydroxylation is 1. The third kappa shape index (κ3) is 3.42. The van der Waals surface area contributed by atoms with Crippen LogP contribution in [-0.2, 0) is 7.05 Å². The van der Waals surface area contributed by atoms with Crippen molar-refractivity contribution in [2.24, 2.45) is 7.05 Å². The van der Waals surface area contributed by atoms with Crippen molar-refractivity contribution in [2.45, 2.75) is 25.7 Å². The number of carbonyl (C=O) groups is 1. The molecule has 1 fully saturated rings. The zero-order chi connectivity index (χ0) is 18.8. The van der Waals surface area contributed by atoms with Crippen LogP contribution in [0.15, 0.2) is 36.8 Å². The van der Waals surface area contributed by atoms with Crippen molar-refractivity contribution in [3.63, 3.8) is 0 Å². The zero-order valence-corrected chi connectivity index (χ0v) is 15.5. The number of aromatic nitrogens is 5. The van der Waals surface area contributed by atoms with Crippen LogP contribution in [0.25, 0.3) is 11.4 Å². The van der Waals surface area contributed by atoms with Crippen molar-refractivity contribution in [3.05, 3.63) is 48.0 Å². The first kappa shape index (κ1) is 17.3. The Balaban J connectivity index is 1.44. The van der Waals surface area contributed by atoms with E-state index in [0.29, 0.717) is 5.92 Å². The predicted molar refractivity (Wildman–Crippen MR) is 102 cm³/mol. The van der Waals surface area contributed by atoms with E-state index < -0.39 is 0 Å². The molecule has 8 nitrogen and oxygen atoms in total. The number of nitrogens with one attached hydrogen (secondary N) is 2. The molecular formula is C19H23N7O. The highest BCUT2D eigenvalue weighted by Gasteiger charge is 2.25. The number of H-pyrrole nitrogens is 1. The lowest BCUT2D eigenvalue weighted by Crippen LogP contribution is -2.40. The van der Waals surface area contributed by atoms with Crippen LogP contribution in [0.5, 0.6) is 0 Å². The molecule has 0 aliphatic carbocycles. The van der Waals surface area contributed by atoms with Gasteiger partial charge in [0.15, 0.2) is 5.82 Å². The third-order valence-corrected chi connectivity index (χ3v) is 5.27. The van der Waals surface area contributed by atoms with Gasteiger partial charge in [-0.05, 0) is 37.5 Å². The number of amides is 2. The first-order valence-corrected chi connectivity index (χ1v) is 9.12. The van der Waals surface area contributed by atoms with E-state index in [1.54, 1.807) is 12.5 Å². The van der Waals surface area contributed by atoms with Gasteiger partial charge in [-0.15, -0.1) is 10.2 Å². The second-order valence-electron chi connectivity index (χ2n) is 6.95. The average molecular weight is 365 g/mol. The lowest BCUT2D eigenvalue weighted by molar-refractivity contribution is 0.194. The lowest BCUT2D eigenvalue weighted by Gasteiger charge is -2.31. The summed E-state index contributed by atoms with van der Waals surface area (Å²) in [5.74, 6) is 1.22. The van der Waals surface area contributed by atoms with E-state index in [-0.39, 0.29) is 6.03 Å². The van der Waals surface area contributed by atoms with Gasteiger partial charge in [-0.25, -0.2) is 4.79 Å². The largest absolute Gasteiger partial charge is 0.324 e. The maximum absolute atomic E-state index is 12.7. The van der Waals surface area contributed by atoms with Gasteiger partial charge in [0.05, 0.1) is 0 Å². The molecular weight excluding hydrogens is 342 g/mol. The molecule has 0 radical (unpaired) electrons. The van der Waals surface area contributed by atoms with Crippen molar-refractivity contribution in [3.8, 4) is 11.4 Å². The van der Waals surface area contributed by atoms with Crippen LogP contribution in [-0.4, -0.2) is 49.0 Å². The second kappa shape index (κ2) is 7.22. The van der Waals surface area contributed by atoms with Gasteiger partial charge in [0, 0.05) is 49.2 Å². The highest BCUT2D eigenvalue weighted by Crippen LogP contribution is 2.29. The SMILES string of the molecule is Cc1c(NC(=O)N2CCC(c3ccn[nH]3)CC2)cccc1-c1nncn1C. The molecule has 2 aromatic heterocycles. The van der Waals surface area contributed by atoms with Crippen molar-refractivity contribution in [1.29, 1.82) is 0 Å². The molecule has 0 spiro atoms. The molecule has 140 valence electrons. The van der Waals surface area contributed by atoms with E-state index in [9.17, 15) is 4.79 Å². The van der Waals surface area contributed by atoms with Crippen LogP contribution >= 0.6 is 0 Å². The first-order valence-electron chi connectivity index (χ1n) is 9.12. The highest BCUT2D eigenvalue weighted by molar-refractivity contribution is 5.91. The number of anilines is 1. The number of rotatable bonds is 3. The minimum absolute atomic E-state index is 0.0590. The monoisotopic (exact) mass is 365 g/mol. The molecule has 0 atom stereocenters. The molecule has 1 aromatic carbocycles. The molecule has 0 bridgehead atoms.